The molecule has 2 aromatic carbocycles. The average Bonchev–Trinajstić information content (AvgIpc) is 2.60. The van der Waals surface area contributed by atoms with Crippen LogP contribution in [0.5, 0.6) is 11.5 Å². The molecule has 24 heavy (non-hydrogen) atoms. The molecule has 0 aliphatic carbocycles. The zero-order valence-electron chi connectivity index (χ0n) is 13.2. The van der Waals surface area contributed by atoms with Crippen LogP contribution in [0.3, 0.4) is 0 Å². The van der Waals surface area contributed by atoms with E-state index in [9.17, 15) is 14.9 Å². The lowest BCUT2D eigenvalue weighted by Gasteiger charge is -2.10. The summed E-state index contributed by atoms with van der Waals surface area (Å²) in [5.74, 6) is 0.610. The third-order valence-electron chi connectivity index (χ3n) is 3.21. The molecular weight excluding hydrogens is 312 g/mol. The lowest BCUT2D eigenvalue weighted by atomic mass is 10.1. The fraction of sp³-hybridized carbons (Fsp3) is 0.118. The van der Waals surface area contributed by atoms with Gasteiger partial charge in [0.15, 0.2) is 0 Å². The maximum atomic E-state index is 12.0. The molecule has 0 bridgehead atoms. The number of amides is 1. The van der Waals surface area contributed by atoms with E-state index in [4.69, 9.17) is 9.47 Å². The summed E-state index contributed by atoms with van der Waals surface area (Å²) in [4.78, 5) is 22.5. The van der Waals surface area contributed by atoms with Crippen molar-refractivity contribution in [2.24, 2.45) is 0 Å². The summed E-state index contributed by atoms with van der Waals surface area (Å²) < 4.78 is 10.3. The van der Waals surface area contributed by atoms with Gasteiger partial charge in [-0.15, -0.1) is 0 Å². The lowest BCUT2D eigenvalue weighted by molar-refractivity contribution is -0.385. The first-order valence-electron chi connectivity index (χ1n) is 6.99. The maximum Gasteiger partial charge on any atom is 0.276 e. The van der Waals surface area contributed by atoms with E-state index in [2.05, 4.69) is 5.32 Å². The van der Waals surface area contributed by atoms with E-state index in [0.717, 1.165) is 0 Å². The first-order valence-corrected chi connectivity index (χ1v) is 6.99. The number of hydrogen-bond acceptors (Lipinski definition) is 5. The second kappa shape index (κ2) is 7.77. The first kappa shape index (κ1) is 17.0. The fourth-order valence-corrected chi connectivity index (χ4v) is 2.04. The minimum absolute atomic E-state index is 0.0661. The number of nitro benzene ring substituents is 1. The quantitative estimate of drug-likeness (QED) is 0.499. The van der Waals surface area contributed by atoms with Gasteiger partial charge in [-0.1, -0.05) is 12.1 Å². The predicted molar refractivity (Wildman–Crippen MR) is 90.3 cm³/mol. The van der Waals surface area contributed by atoms with Crippen LogP contribution in [0.15, 0.2) is 48.5 Å². The summed E-state index contributed by atoms with van der Waals surface area (Å²) in [5, 5.41) is 13.6. The van der Waals surface area contributed by atoms with Crippen LogP contribution in [0.25, 0.3) is 6.08 Å². The van der Waals surface area contributed by atoms with Gasteiger partial charge < -0.3 is 14.8 Å². The zero-order chi connectivity index (χ0) is 17.5. The predicted octanol–water partition coefficient (Wildman–Crippen LogP) is 3.26. The number of hydrogen-bond donors (Lipinski definition) is 1. The standard InChI is InChI=1S/C17H16N2O5/c1-23-13-8-9-14(16(11-13)24-2)18-17(20)10-7-12-5-3-4-6-15(12)19(21)22/h3-11H,1-2H3,(H,18,20)/b10-7+. The summed E-state index contributed by atoms with van der Waals surface area (Å²) in [6.45, 7) is 0. The molecule has 7 heteroatoms. The highest BCUT2D eigenvalue weighted by atomic mass is 16.6. The number of rotatable bonds is 6. The first-order chi connectivity index (χ1) is 11.5. The molecule has 0 aliphatic rings. The molecule has 0 atom stereocenters. The Morgan fingerprint density at radius 3 is 2.58 bits per heavy atom. The molecule has 2 aromatic rings. The fourth-order valence-electron chi connectivity index (χ4n) is 2.04. The molecule has 0 aliphatic heterocycles. The van der Waals surface area contributed by atoms with Crippen molar-refractivity contribution in [1.82, 2.24) is 0 Å². The van der Waals surface area contributed by atoms with Crippen molar-refractivity contribution in [2.45, 2.75) is 0 Å². The summed E-state index contributed by atoms with van der Waals surface area (Å²) in [6.07, 6.45) is 2.62. The number of anilines is 1. The molecule has 0 spiro atoms. The van der Waals surface area contributed by atoms with Crippen molar-refractivity contribution in [3.8, 4) is 11.5 Å². The van der Waals surface area contributed by atoms with Crippen molar-refractivity contribution in [3.63, 3.8) is 0 Å². The Bertz CT molecular complexity index is 786. The number of para-hydroxylation sites is 1. The van der Waals surface area contributed by atoms with Gasteiger partial charge in [0.2, 0.25) is 5.91 Å². The van der Waals surface area contributed by atoms with Crippen LogP contribution in [0.1, 0.15) is 5.56 Å². The molecule has 0 saturated heterocycles. The van der Waals surface area contributed by atoms with Crippen LogP contribution < -0.4 is 14.8 Å². The van der Waals surface area contributed by atoms with E-state index in [-0.39, 0.29) is 5.69 Å². The van der Waals surface area contributed by atoms with Crippen LogP contribution in [0.2, 0.25) is 0 Å². The smallest absolute Gasteiger partial charge is 0.276 e. The van der Waals surface area contributed by atoms with Crippen molar-refractivity contribution in [1.29, 1.82) is 0 Å². The second-order valence-corrected chi connectivity index (χ2v) is 4.70. The number of carbonyl (C=O) groups excluding carboxylic acids is 1. The summed E-state index contributed by atoms with van der Waals surface area (Å²) in [6, 6.07) is 11.1. The Labute approximate surface area is 138 Å². The summed E-state index contributed by atoms with van der Waals surface area (Å²) >= 11 is 0. The molecular formula is C17H16N2O5. The Kier molecular flexibility index (Phi) is 5.51. The van der Waals surface area contributed by atoms with Crippen molar-refractivity contribution >= 4 is 23.4 Å². The highest BCUT2D eigenvalue weighted by Crippen LogP contribution is 2.29. The van der Waals surface area contributed by atoms with E-state index in [1.165, 1.54) is 32.4 Å². The molecule has 0 saturated carbocycles. The Morgan fingerprint density at radius 2 is 1.92 bits per heavy atom. The van der Waals surface area contributed by atoms with Gasteiger partial charge in [-0.2, -0.15) is 0 Å². The summed E-state index contributed by atoms with van der Waals surface area (Å²) in [7, 11) is 3.01. The molecule has 124 valence electrons. The van der Waals surface area contributed by atoms with E-state index in [0.29, 0.717) is 22.7 Å². The average molecular weight is 328 g/mol. The Morgan fingerprint density at radius 1 is 1.17 bits per heavy atom. The van der Waals surface area contributed by atoms with E-state index in [1.807, 2.05) is 0 Å². The number of methoxy groups -OCH3 is 2. The third-order valence-corrected chi connectivity index (χ3v) is 3.21. The minimum Gasteiger partial charge on any atom is -0.497 e. The number of nitrogens with one attached hydrogen (secondary N) is 1. The van der Waals surface area contributed by atoms with Crippen LogP contribution in [-0.2, 0) is 4.79 Å². The molecule has 1 amide bonds. The second-order valence-electron chi connectivity index (χ2n) is 4.70. The van der Waals surface area contributed by atoms with Gasteiger partial charge in [0.25, 0.3) is 5.69 Å². The molecule has 0 unspecified atom stereocenters. The molecule has 2 rings (SSSR count). The van der Waals surface area contributed by atoms with E-state index < -0.39 is 10.8 Å². The summed E-state index contributed by atoms with van der Waals surface area (Å²) in [5.41, 5.74) is 0.749. The van der Waals surface area contributed by atoms with Crippen LogP contribution >= 0.6 is 0 Å². The molecule has 0 heterocycles. The lowest BCUT2D eigenvalue weighted by Crippen LogP contribution is -2.09. The largest absolute Gasteiger partial charge is 0.497 e. The van der Waals surface area contributed by atoms with Gasteiger partial charge >= 0.3 is 0 Å². The number of nitro groups is 1. The maximum absolute atomic E-state index is 12.0. The number of carbonyl (C=O) groups is 1. The Hall–Kier alpha value is -3.35. The Balaban J connectivity index is 2.15. The molecule has 0 fully saturated rings. The highest BCUT2D eigenvalue weighted by Gasteiger charge is 2.11. The van der Waals surface area contributed by atoms with Gasteiger partial charge in [-0.05, 0) is 24.3 Å². The van der Waals surface area contributed by atoms with Gasteiger partial charge in [-0.25, -0.2) is 0 Å². The van der Waals surface area contributed by atoms with Crippen molar-refractivity contribution in [2.75, 3.05) is 19.5 Å². The monoisotopic (exact) mass is 328 g/mol. The van der Waals surface area contributed by atoms with E-state index >= 15 is 0 Å². The van der Waals surface area contributed by atoms with Crippen LogP contribution in [0, 0.1) is 10.1 Å². The topological polar surface area (TPSA) is 90.7 Å². The van der Waals surface area contributed by atoms with Gasteiger partial charge in [-0.3, -0.25) is 14.9 Å². The zero-order valence-corrected chi connectivity index (χ0v) is 13.2. The van der Waals surface area contributed by atoms with Gasteiger partial charge in [0.1, 0.15) is 11.5 Å². The number of nitrogens with zero attached hydrogens (tertiary/aromatic N) is 1. The molecule has 7 nitrogen and oxygen atoms in total. The van der Waals surface area contributed by atoms with Crippen LogP contribution in [0.4, 0.5) is 11.4 Å². The molecule has 1 N–H and O–H groups in total. The van der Waals surface area contributed by atoms with Gasteiger partial charge in [0.05, 0.1) is 30.4 Å². The van der Waals surface area contributed by atoms with Crippen molar-refractivity contribution in [3.05, 3.63) is 64.2 Å². The molecule has 0 aromatic heterocycles. The van der Waals surface area contributed by atoms with E-state index in [1.54, 1.807) is 36.4 Å². The third kappa shape index (κ3) is 4.10. The SMILES string of the molecule is COc1ccc(NC(=O)/C=C/c2ccccc2[N+](=O)[O-])c(OC)c1. The number of benzene rings is 2. The van der Waals surface area contributed by atoms with Crippen LogP contribution in [-0.4, -0.2) is 25.1 Å². The van der Waals surface area contributed by atoms with Gasteiger partial charge in [0, 0.05) is 18.2 Å². The molecule has 0 radical (unpaired) electrons. The van der Waals surface area contributed by atoms with Crippen molar-refractivity contribution < 1.29 is 19.2 Å². The normalized spacial score (nSPS) is 10.4. The minimum atomic E-state index is -0.496. The highest BCUT2D eigenvalue weighted by molar-refractivity contribution is 6.03. The number of ether oxygens (including phenoxy) is 2.